The Labute approximate surface area is 132 Å². The van der Waals surface area contributed by atoms with Crippen LogP contribution in [-0.2, 0) is 15.4 Å². The fourth-order valence-electron chi connectivity index (χ4n) is 1.52. The number of aromatic nitrogens is 1. The van der Waals surface area contributed by atoms with E-state index in [-0.39, 0.29) is 41.2 Å². The maximum absolute atomic E-state index is 12.7. The summed E-state index contributed by atoms with van der Waals surface area (Å²) in [6.45, 7) is -0.165. The Kier molecular flexibility index (Phi) is 6.57. The Morgan fingerprint density at radius 2 is 2.09 bits per heavy atom. The van der Waals surface area contributed by atoms with Crippen molar-refractivity contribution in [3.05, 3.63) is 10.6 Å². The van der Waals surface area contributed by atoms with Crippen LogP contribution < -0.4 is 4.90 Å². The van der Waals surface area contributed by atoms with Crippen LogP contribution in [-0.4, -0.2) is 48.4 Å². The lowest BCUT2D eigenvalue weighted by molar-refractivity contribution is -0.170. The van der Waals surface area contributed by atoms with Gasteiger partial charge in [0, 0.05) is 20.3 Å². The number of aromatic carboxylic acids is 1. The lowest BCUT2D eigenvalue weighted by atomic mass is 10.4. The van der Waals surface area contributed by atoms with E-state index < -0.39 is 18.1 Å². The largest absolute Gasteiger partial charge is 0.477 e. The summed E-state index contributed by atoms with van der Waals surface area (Å²) >= 11 is 6.00. The molecule has 0 bridgehead atoms. The molecule has 0 radical (unpaired) electrons. The Balaban J connectivity index is 3.15. The number of anilines is 1. The highest BCUT2D eigenvalue weighted by Crippen LogP contribution is 2.31. The lowest BCUT2D eigenvalue weighted by Gasteiger charge is -2.20. The Hall–Kier alpha value is -1.39. The maximum Gasteiger partial charge on any atom is 0.471 e. The van der Waals surface area contributed by atoms with E-state index in [0.29, 0.717) is 16.2 Å². The molecule has 0 aromatic carbocycles. The maximum atomic E-state index is 12.7. The monoisotopic (exact) mass is 360 g/mol. The number of thiazole rings is 1. The summed E-state index contributed by atoms with van der Waals surface area (Å²) in [4.78, 5) is 26.3. The number of carboxylic acid groups (broad SMARTS) is 1. The van der Waals surface area contributed by atoms with Gasteiger partial charge in [-0.3, -0.25) is 9.69 Å². The molecule has 0 saturated carbocycles. The van der Waals surface area contributed by atoms with Gasteiger partial charge in [0.2, 0.25) is 0 Å². The highest BCUT2D eigenvalue weighted by molar-refractivity contribution is 7.17. The topological polar surface area (TPSA) is 79.7 Å². The molecule has 0 spiro atoms. The smallest absolute Gasteiger partial charge is 0.471 e. The first kappa shape index (κ1) is 18.7. The molecule has 124 valence electrons. The van der Waals surface area contributed by atoms with Crippen LogP contribution >= 0.6 is 22.9 Å². The van der Waals surface area contributed by atoms with Crippen molar-refractivity contribution in [2.24, 2.45) is 0 Å². The third-order valence-corrected chi connectivity index (χ3v) is 3.82. The number of carboxylic acids is 1. The van der Waals surface area contributed by atoms with Gasteiger partial charge in [-0.2, -0.15) is 13.2 Å². The van der Waals surface area contributed by atoms with E-state index in [2.05, 4.69) is 4.98 Å². The molecule has 0 aliphatic heterocycles. The molecule has 0 aliphatic carbocycles. The Bertz CT molecular complexity index is 550. The van der Waals surface area contributed by atoms with Gasteiger partial charge in [-0.05, 0) is 6.42 Å². The van der Waals surface area contributed by atoms with Gasteiger partial charge >= 0.3 is 18.1 Å². The normalized spacial score (nSPS) is 11.5. The first-order valence-electron chi connectivity index (χ1n) is 5.89. The van der Waals surface area contributed by atoms with Gasteiger partial charge < -0.3 is 9.84 Å². The summed E-state index contributed by atoms with van der Waals surface area (Å²) in [5.74, 6) is -3.77. The first-order chi connectivity index (χ1) is 10.2. The van der Waals surface area contributed by atoms with Gasteiger partial charge in [-0.1, -0.05) is 11.3 Å². The average Bonchev–Trinajstić information content (AvgIpc) is 2.86. The van der Waals surface area contributed by atoms with Crippen molar-refractivity contribution in [1.82, 2.24) is 4.98 Å². The molecule has 1 aromatic heterocycles. The fourth-order valence-corrected chi connectivity index (χ4v) is 2.73. The van der Waals surface area contributed by atoms with Crippen LogP contribution in [0.2, 0.25) is 0 Å². The molecule has 1 N–H and O–H groups in total. The van der Waals surface area contributed by atoms with Crippen molar-refractivity contribution >= 4 is 39.9 Å². The van der Waals surface area contributed by atoms with E-state index >= 15 is 0 Å². The standard InChI is InChI=1S/C11H12ClF3N2O4S/c1-21-4-2-3-17(9(20)11(13,14)15)10-16-6(5-12)7(22-10)8(18)19/h2-5H2,1H3,(H,18,19). The van der Waals surface area contributed by atoms with E-state index in [1.807, 2.05) is 0 Å². The van der Waals surface area contributed by atoms with Gasteiger partial charge in [-0.25, -0.2) is 9.78 Å². The van der Waals surface area contributed by atoms with Crippen LogP contribution in [0.3, 0.4) is 0 Å². The minimum atomic E-state index is -5.09. The van der Waals surface area contributed by atoms with E-state index in [1.165, 1.54) is 7.11 Å². The van der Waals surface area contributed by atoms with E-state index in [4.69, 9.17) is 21.4 Å². The number of carbonyl (C=O) groups excluding carboxylic acids is 1. The predicted octanol–water partition coefficient (Wildman–Crippen LogP) is 2.51. The van der Waals surface area contributed by atoms with Crippen LogP contribution in [0.25, 0.3) is 0 Å². The molecule has 11 heteroatoms. The molecule has 0 unspecified atom stereocenters. The molecule has 22 heavy (non-hydrogen) atoms. The van der Waals surface area contributed by atoms with Crippen molar-refractivity contribution in [2.75, 3.05) is 25.2 Å². The molecule has 0 saturated heterocycles. The molecule has 0 aliphatic rings. The fraction of sp³-hybridized carbons (Fsp3) is 0.545. The number of nitrogens with zero attached hydrogens (tertiary/aromatic N) is 2. The van der Waals surface area contributed by atoms with E-state index in [9.17, 15) is 22.8 Å². The van der Waals surface area contributed by atoms with Crippen molar-refractivity contribution in [2.45, 2.75) is 18.5 Å². The minimum absolute atomic E-state index is 0.0825. The Morgan fingerprint density at radius 3 is 2.50 bits per heavy atom. The highest BCUT2D eigenvalue weighted by atomic mass is 35.5. The van der Waals surface area contributed by atoms with Crippen molar-refractivity contribution in [1.29, 1.82) is 0 Å². The molecule has 1 amide bonds. The van der Waals surface area contributed by atoms with Crippen molar-refractivity contribution in [3.63, 3.8) is 0 Å². The minimum Gasteiger partial charge on any atom is -0.477 e. The number of carbonyl (C=O) groups is 2. The molecule has 6 nitrogen and oxygen atoms in total. The second-order valence-corrected chi connectivity index (χ2v) is 5.26. The van der Waals surface area contributed by atoms with Gasteiger partial charge in [-0.15, -0.1) is 11.6 Å². The van der Waals surface area contributed by atoms with E-state index in [0.717, 1.165) is 0 Å². The number of methoxy groups -OCH3 is 1. The van der Waals surface area contributed by atoms with Gasteiger partial charge in [0.05, 0.1) is 11.6 Å². The summed E-state index contributed by atoms with van der Waals surface area (Å²) in [5, 5.41) is 8.62. The first-order valence-corrected chi connectivity index (χ1v) is 7.24. The molecule has 0 fully saturated rings. The zero-order chi connectivity index (χ0) is 16.9. The van der Waals surface area contributed by atoms with Crippen LogP contribution in [0.15, 0.2) is 0 Å². The molecule has 0 atom stereocenters. The SMILES string of the molecule is COCCCN(C(=O)C(F)(F)F)c1nc(CCl)c(C(=O)O)s1. The van der Waals surface area contributed by atoms with Crippen LogP contribution in [0, 0.1) is 0 Å². The number of hydrogen-bond acceptors (Lipinski definition) is 5. The highest BCUT2D eigenvalue weighted by Gasteiger charge is 2.44. The second-order valence-electron chi connectivity index (χ2n) is 4.01. The third kappa shape index (κ3) is 4.55. The summed E-state index contributed by atoms with van der Waals surface area (Å²) in [6.07, 6.45) is -4.96. The molecular formula is C11H12ClF3N2O4S. The van der Waals surface area contributed by atoms with Crippen LogP contribution in [0.1, 0.15) is 21.8 Å². The number of hydrogen-bond donors (Lipinski definition) is 1. The van der Waals surface area contributed by atoms with Gasteiger partial charge in [0.15, 0.2) is 5.13 Å². The summed E-state index contributed by atoms with van der Waals surface area (Å²) < 4.78 is 42.7. The number of amides is 1. The van der Waals surface area contributed by atoms with Crippen molar-refractivity contribution in [3.8, 4) is 0 Å². The zero-order valence-corrected chi connectivity index (χ0v) is 12.9. The second kappa shape index (κ2) is 7.75. The van der Waals surface area contributed by atoms with Crippen molar-refractivity contribution < 1.29 is 32.6 Å². The number of alkyl halides is 4. The Morgan fingerprint density at radius 1 is 1.45 bits per heavy atom. The van der Waals surface area contributed by atoms with Crippen LogP contribution in [0.5, 0.6) is 0 Å². The zero-order valence-electron chi connectivity index (χ0n) is 11.3. The van der Waals surface area contributed by atoms with E-state index in [1.54, 1.807) is 0 Å². The summed E-state index contributed by atoms with van der Waals surface area (Å²) in [7, 11) is 1.37. The third-order valence-electron chi connectivity index (χ3n) is 2.46. The van der Waals surface area contributed by atoms with Crippen LogP contribution in [0.4, 0.5) is 18.3 Å². The molecule has 1 heterocycles. The van der Waals surface area contributed by atoms with Gasteiger partial charge in [0.25, 0.3) is 0 Å². The molecular weight excluding hydrogens is 349 g/mol. The number of rotatable bonds is 7. The lowest BCUT2D eigenvalue weighted by Crippen LogP contribution is -2.42. The number of halogens is 4. The summed E-state index contributed by atoms with van der Waals surface area (Å²) in [6, 6.07) is 0. The molecule has 1 rings (SSSR count). The number of ether oxygens (including phenoxy) is 1. The predicted molar refractivity (Wildman–Crippen MR) is 73.5 cm³/mol. The molecule has 1 aromatic rings. The van der Waals surface area contributed by atoms with Gasteiger partial charge in [0.1, 0.15) is 4.88 Å². The summed E-state index contributed by atoms with van der Waals surface area (Å²) in [5.41, 5.74) is -0.0825. The quantitative estimate of drug-likeness (QED) is 0.597. The average molecular weight is 361 g/mol.